The molecule has 7 heteroatoms. The third-order valence-electron chi connectivity index (χ3n) is 4.80. The van der Waals surface area contributed by atoms with Crippen LogP contribution in [0.4, 0.5) is 15.8 Å². The Kier molecular flexibility index (Phi) is 6.01. The lowest BCUT2D eigenvalue weighted by Gasteiger charge is -2.25. The summed E-state index contributed by atoms with van der Waals surface area (Å²) in [5.41, 5.74) is 1.82. The van der Waals surface area contributed by atoms with Crippen molar-refractivity contribution in [3.05, 3.63) is 70.0 Å². The van der Waals surface area contributed by atoms with Crippen LogP contribution in [0.3, 0.4) is 0 Å². The number of nitrogens with one attached hydrogen (secondary N) is 1. The minimum absolute atomic E-state index is 0.0285. The van der Waals surface area contributed by atoms with E-state index >= 15 is 0 Å². The minimum atomic E-state index is -0.434. The van der Waals surface area contributed by atoms with Crippen LogP contribution in [0.5, 0.6) is 0 Å². The number of amides is 1. The summed E-state index contributed by atoms with van der Waals surface area (Å²) in [6, 6.07) is 12.6. The average Bonchev–Trinajstić information content (AvgIpc) is 3.16. The molecular formula is C20H22FN3O3. The van der Waals surface area contributed by atoms with Gasteiger partial charge in [-0.2, -0.15) is 0 Å². The molecule has 1 amide bonds. The summed E-state index contributed by atoms with van der Waals surface area (Å²) in [7, 11) is 0. The first-order chi connectivity index (χ1) is 13.0. The number of hydrogen-bond acceptors (Lipinski definition) is 4. The van der Waals surface area contributed by atoms with Gasteiger partial charge in [0.1, 0.15) is 5.82 Å². The van der Waals surface area contributed by atoms with Crippen molar-refractivity contribution in [3.63, 3.8) is 0 Å². The molecule has 1 aliphatic heterocycles. The van der Waals surface area contributed by atoms with E-state index in [0.717, 1.165) is 30.6 Å². The molecule has 142 valence electrons. The molecule has 0 aliphatic carbocycles. The van der Waals surface area contributed by atoms with Gasteiger partial charge in [0.25, 0.3) is 5.69 Å². The van der Waals surface area contributed by atoms with Crippen LogP contribution in [0, 0.1) is 15.9 Å². The highest BCUT2D eigenvalue weighted by atomic mass is 19.1. The molecule has 2 aromatic carbocycles. The van der Waals surface area contributed by atoms with Crippen molar-refractivity contribution in [2.45, 2.75) is 31.7 Å². The van der Waals surface area contributed by atoms with E-state index in [1.54, 1.807) is 24.3 Å². The molecule has 1 atom stereocenters. The van der Waals surface area contributed by atoms with Crippen molar-refractivity contribution in [3.8, 4) is 0 Å². The van der Waals surface area contributed by atoms with Gasteiger partial charge in [-0.05, 0) is 49.1 Å². The van der Waals surface area contributed by atoms with Crippen LogP contribution in [-0.4, -0.2) is 28.8 Å². The van der Waals surface area contributed by atoms with Gasteiger partial charge in [-0.15, -0.1) is 0 Å². The van der Waals surface area contributed by atoms with E-state index in [2.05, 4.69) is 5.32 Å². The van der Waals surface area contributed by atoms with Crippen molar-refractivity contribution in [1.82, 2.24) is 4.90 Å². The van der Waals surface area contributed by atoms with E-state index < -0.39 is 4.92 Å². The van der Waals surface area contributed by atoms with Gasteiger partial charge in [-0.3, -0.25) is 14.9 Å². The number of carbonyl (C=O) groups excluding carboxylic acids is 1. The minimum Gasteiger partial charge on any atom is -0.385 e. The van der Waals surface area contributed by atoms with Crippen LogP contribution in [0.25, 0.3) is 0 Å². The number of likely N-dealkylation sites (tertiary alicyclic amines) is 1. The second kappa shape index (κ2) is 8.62. The maximum atomic E-state index is 13.1. The first-order valence-electron chi connectivity index (χ1n) is 9.08. The smallest absolute Gasteiger partial charge is 0.269 e. The Balaban J connectivity index is 1.47. The van der Waals surface area contributed by atoms with Gasteiger partial charge in [-0.1, -0.05) is 12.1 Å². The van der Waals surface area contributed by atoms with E-state index in [-0.39, 0.29) is 23.5 Å². The summed E-state index contributed by atoms with van der Waals surface area (Å²) >= 11 is 0. The molecule has 1 fully saturated rings. The standard InChI is InChI=1S/C20H22FN3O3/c21-16-7-5-15(6-8-16)19-3-2-14-23(19)20(25)4-1-13-22-17-9-11-18(12-10-17)24(26)27/h5-12,19,22H,1-4,13-14H2. The molecule has 0 spiro atoms. The monoisotopic (exact) mass is 371 g/mol. The number of benzene rings is 2. The molecule has 27 heavy (non-hydrogen) atoms. The molecule has 1 aliphatic rings. The quantitative estimate of drug-likeness (QED) is 0.447. The Hall–Kier alpha value is -2.96. The number of nitro benzene ring substituents is 1. The molecule has 2 aromatic rings. The van der Waals surface area contributed by atoms with Crippen molar-refractivity contribution < 1.29 is 14.1 Å². The fourth-order valence-electron chi connectivity index (χ4n) is 3.41. The van der Waals surface area contributed by atoms with E-state index in [1.807, 2.05) is 4.90 Å². The maximum Gasteiger partial charge on any atom is 0.269 e. The number of hydrogen-bond donors (Lipinski definition) is 1. The number of anilines is 1. The zero-order valence-electron chi connectivity index (χ0n) is 14.9. The number of non-ortho nitro benzene ring substituents is 1. The highest BCUT2D eigenvalue weighted by Gasteiger charge is 2.29. The van der Waals surface area contributed by atoms with Gasteiger partial charge in [0.15, 0.2) is 0 Å². The Morgan fingerprint density at radius 2 is 1.89 bits per heavy atom. The maximum absolute atomic E-state index is 13.1. The predicted octanol–water partition coefficient (Wildman–Crippen LogP) is 4.29. The summed E-state index contributed by atoms with van der Waals surface area (Å²) in [5.74, 6) is -0.167. The summed E-state index contributed by atoms with van der Waals surface area (Å²) in [6.07, 6.45) is 2.95. The van der Waals surface area contributed by atoms with Gasteiger partial charge in [0, 0.05) is 37.3 Å². The molecule has 1 saturated heterocycles. The van der Waals surface area contributed by atoms with Crippen LogP contribution in [0.1, 0.15) is 37.3 Å². The highest BCUT2D eigenvalue weighted by molar-refractivity contribution is 5.77. The van der Waals surface area contributed by atoms with Crippen molar-refractivity contribution >= 4 is 17.3 Å². The van der Waals surface area contributed by atoms with Gasteiger partial charge in [-0.25, -0.2) is 4.39 Å². The molecule has 1 unspecified atom stereocenters. The molecule has 0 aromatic heterocycles. The third kappa shape index (κ3) is 4.81. The summed E-state index contributed by atoms with van der Waals surface area (Å²) in [5, 5.41) is 13.8. The Morgan fingerprint density at radius 3 is 2.56 bits per heavy atom. The van der Waals surface area contributed by atoms with E-state index in [1.165, 1.54) is 24.3 Å². The van der Waals surface area contributed by atoms with Gasteiger partial charge < -0.3 is 10.2 Å². The lowest BCUT2D eigenvalue weighted by molar-refractivity contribution is -0.384. The lowest BCUT2D eigenvalue weighted by atomic mass is 10.0. The molecule has 0 saturated carbocycles. The van der Waals surface area contributed by atoms with Crippen LogP contribution in [-0.2, 0) is 4.79 Å². The number of carbonyl (C=O) groups is 1. The van der Waals surface area contributed by atoms with Gasteiger partial charge >= 0.3 is 0 Å². The second-order valence-corrected chi connectivity index (χ2v) is 6.63. The molecule has 0 bridgehead atoms. The van der Waals surface area contributed by atoms with Crippen LogP contribution in [0.2, 0.25) is 0 Å². The first kappa shape index (κ1) is 18.8. The van der Waals surface area contributed by atoms with Crippen LogP contribution >= 0.6 is 0 Å². The normalized spacial score (nSPS) is 16.3. The first-order valence-corrected chi connectivity index (χ1v) is 9.08. The molecule has 1 N–H and O–H groups in total. The largest absolute Gasteiger partial charge is 0.385 e. The fourth-order valence-corrected chi connectivity index (χ4v) is 3.41. The SMILES string of the molecule is O=C(CCCNc1ccc([N+](=O)[O-])cc1)N1CCCC1c1ccc(F)cc1. The molecule has 6 nitrogen and oxygen atoms in total. The molecular weight excluding hydrogens is 349 g/mol. The number of nitrogens with zero attached hydrogens (tertiary/aromatic N) is 2. The lowest BCUT2D eigenvalue weighted by Crippen LogP contribution is -2.30. The summed E-state index contributed by atoms with van der Waals surface area (Å²) in [6.45, 7) is 1.34. The van der Waals surface area contributed by atoms with E-state index in [4.69, 9.17) is 0 Å². The van der Waals surface area contributed by atoms with Crippen molar-refractivity contribution in [2.75, 3.05) is 18.4 Å². The molecule has 3 rings (SSSR count). The predicted molar refractivity (Wildman–Crippen MR) is 101 cm³/mol. The number of rotatable bonds is 7. The Morgan fingerprint density at radius 1 is 1.19 bits per heavy atom. The Labute approximate surface area is 157 Å². The second-order valence-electron chi connectivity index (χ2n) is 6.63. The summed E-state index contributed by atoms with van der Waals surface area (Å²) in [4.78, 5) is 24.7. The third-order valence-corrected chi connectivity index (χ3v) is 4.80. The van der Waals surface area contributed by atoms with Crippen LogP contribution in [0.15, 0.2) is 48.5 Å². The Bertz CT molecular complexity index is 793. The van der Waals surface area contributed by atoms with E-state index in [9.17, 15) is 19.3 Å². The average molecular weight is 371 g/mol. The molecule has 1 heterocycles. The zero-order valence-corrected chi connectivity index (χ0v) is 14.9. The molecule has 0 radical (unpaired) electrons. The van der Waals surface area contributed by atoms with Crippen molar-refractivity contribution in [1.29, 1.82) is 0 Å². The van der Waals surface area contributed by atoms with Gasteiger partial charge in [0.2, 0.25) is 5.91 Å². The summed E-state index contributed by atoms with van der Waals surface area (Å²) < 4.78 is 13.1. The number of halogens is 1. The van der Waals surface area contributed by atoms with Crippen LogP contribution < -0.4 is 5.32 Å². The van der Waals surface area contributed by atoms with Gasteiger partial charge in [0.05, 0.1) is 11.0 Å². The number of nitro groups is 1. The highest BCUT2D eigenvalue weighted by Crippen LogP contribution is 2.32. The van der Waals surface area contributed by atoms with E-state index in [0.29, 0.717) is 19.4 Å². The zero-order chi connectivity index (χ0) is 19.2. The van der Waals surface area contributed by atoms with Crippen molar-refractivity contribution in [2.24, 2.45) is 0 Å². The fraction of sp³-hybridized carbons (Fsp3) is 0.350. The topological polar surface area (TPSA) is 75.5 Å².